The number of rotatable bonds is 4. The molecule has 15 heavy (non-hydrogen) atoms. The Morgan fingerprint density at radius 1 is 1.40 bits per heavy atom. The second-order valence-electron chi connectivity index (χ2n) is 3.05. The van der Waals surface area contributed by atoms with Crippen LogP contribution in [0.4, 0.5) is 0 Å². The summed E-state index contributed by atoms with van der Waals surface area (Å²) in [5.74, 6) is 0.864. The van der Waals surface area contributed by atoms with Crippen LogP contribution in [0.2, 0.25) is 0 Å². The highest BCUT2D eigenvalue weighted by Gasteiger charge is 2.11. The first kappa shape index (κ1) is 11.9. The SMILES string of the molecule is CNC(=O)[C@@H](C)Sc1ccc(OC)cc1. The number of carbonyl (C=O) groups excluding carboxylic acids is 1. The lowest BCUT2D eigenvalue weighted by atomic mass is 10.3. The summed E-state index contributed by atoms with van der Waals surface area (Å²) < 4.78 is 5.05. The van der Waals surface area contributed by atoms with Crippen LogP contribution in [0.1, 0.15) is 6.92 Å². The maximum atomic E-state index is 11.3. The van der Waals surface area contributed by atoms with Gasteiger partial charge in [0.2, 0.25) is 5.91 Å². The molecule has 0 saturated heterocycles. The van der Waals surface area contributed by atoms with Crippen LogP contribution < -0.4 is 10.1 Å². The Bertz CT molecular complexity index is 324. The van der Waals surface area contributed by atoms with E-state index in [2.05, 4.69) is 5.32 Å². The van der Waals surface area contributed by atoms with Gasteiger partial charge in [-0.05, 0) is 31.2 Å². The third kappa shape index (κ3) is 3.47. The summed E-state index contributed by atoms with van der Waals surface area (Å²) in [6, 6.07) is 7.67. The van der Waals surface area contributed by atoms with Crippen LogP contribution >= 0.6 is 11.8 Å². The van der Waals surface area contributed by atoms with E-state index in [9.17, 15) is 4.79 Å². The van der Waals surface area contributed by atoms with E-state index in [-0.39, 0.29) is 11.2 Å². The molecule has 0 unspecified atom stereocenters. The predicted molar refractivity (Wildman–Crippen MR) is 62.4 cm³/mol. The summed E-state index contributed by atoms with van der Waals surface area (Å²) in [7, 11) is 3.28. The number of benzene rings is 1. The second kappa shape index (κ2) is 5.66. The summed E-state index contributed by atoms with van der Waals surface area (Å²) in [6.07, 6.45) is 0. The molecule has 0 saturated carbocycles. The first-order valence-corrected chi connectivity index (χ1v) is 5.57. The molecule has 3 nitrogen and oxygen atoms in total. The highest BCUT2D eigenvalue weighted by Crippen LogP contribution is 2.25. The molecule has 1 atom stereocenters. The summed E-state index contributed by atoms with van der Waals surface area (Å²) in [5.41, 5.74) is 0. The van der Waals surface area contributed by atoms with Gasteiger partial charge >= 0.3 is 0 Å². The highest BCUT2D eigenvalue weighted by atomic mass is 32.2. The Kier molecular flexibility index (Phi) is 4.49. The minimum absolute atomic E-state index is 0.0378. The van der Waals surface area contributed by atoms with Crippen molar-refractivity contribution in [2.24, 2.45) is 0 Å². The fourth-order valence-electron chi connectivity index (χ4n) is 1.12. The number of amides is 1. The van der Waals surface area contributed by atoms with Crippen molar-refractivity contribution in [3.63, 3.8) is 0 Å². The van der Waals surface area contributed by atoms with Crippen LogP contribution in [-0.4, -0.2) is 25.3 Å². The molecular weight excluding hydrogens is 210 g/mol. The standard InChI is InChI=1S/C11H15NO2S/c1-8(11(13)12-2)15-10-6-4-9(14-3)5-7-10/h4-8H,1-3H3,(H,12,13)/t8-/m1/s1. The minimum Gasteiger partial charge on any atom is -0.497 e. The third-order valence-corrected chi connectivity index (χ3v) is 3.10. The van der Waals surface area contributed by atoms with E-state index in [1.807, 2.05) is 31.2 Å². The Morgan fingerprint density at radius 3 is 2.47 bits per heavy atom. The molecule has 0 aromatic heterocycles. The van der Waals surface area contributed by atoms with Gasteiger partial charge in [0.05, 0.1) is 12.4 Å². The lowest BCUT2D eigenvalue weighted by Crippen LogP contribution is -2.27. The molecule has 0 bridgehead atoms. The number of hydrogen-bond donors (Lipinski definition) is 1. The Balaban J connectivity index is 2.60. The van der Waals surface area contributed by atoms with E-state index in [0.29, 0.717) is 0 Å². The zero-order valence-corrected chi connectivity index (χ0v) is 9.93. The van der Waals surface area contributed by atoms with E-state index >= 15 is 0 Å². The fraction of sp³-hybridized carbons (Fsp3) is 0.364. The summed E-state index contributed by atoms with van der Waals surface area (Å²) in [5, 5.41) is 2.54. The monoisotopic (exact) mass is 225 g/mol. The lowest BCUT2D eigenvalue weighted by Gasteiger charge is -2.09. The van der Waals surface area contributed by atoms with Gasteiger partial charge in [0.15, 0.2) is 0 Å². The molecule has 1 rings (SSSR count). The summed E-state index contributed by atoms with van der Waals surface area (Å²) in [6.45, 7) is 1.88. The van der Waals surface area contributed by atoms with E-state index in [0.717, 1.165) is 10.6 Å². The maximum absolute atomic E-state index is 11.3. The molecule has 4 heteroatoms. The number of carbonyl (C=O) groups is 1. The number of methoxy groups -OCH3 is 1. The molecule has 0 heterocycles. The molecule has 82 valence electrons. The molecule has 0 aliphatic carbocycles. The first-order chi connectivity index (χ1) is 7.17. The average molecular weight is 225 g/mol. The average Bonchev–Trinajstić information content (AvgIpc) is 2.29. The van der Waals surface area contributed by atoms with Gasteiger partial charge in [0.1, 0.15) is 5.75 Å². The van der Waals surface area contributed by atoms with Crippen molar-refractivity contribution in [2.45, 2.75) is 17.1 Å². The van der Waals surface area contributed by atoms with E-state index in [1.165, 1.54) is 11.8 Å². The fourth-order valence-corrected chi connectivity index (χ4v) is 2.04. The van der Waals surface area contributed by atoms with Crippen LogP contribution in [0.25, 0.3) is 0 Å². The molecule has 1 N–H and O–H groups in total. The van der Waals surface area contributed by atoms with Crippen molar-refractivity contribution in [1.29, 1.82) is 0 Å². The first-order valence-electron chi connectivity index (χ1n) is 4.69. The molecule has 1 amide bonds. The quantitative estimate of drug-likeness (QED) is 0.796. The molecule has 0 fully saturated rings. The van der Waals surface area contributed by atoms with Crippen molar-refractivity contribution in [1.82, 2.24) is 5.32 Å². The third-order valence-electron chi connectivity index (χ3n) is 1.99. The molecule has 1 aromatic rings. The number of hydrogen-bond acceptors (Lipinski definition) is 3. The van der Waals surface area contributed by atoms with Crippen LogP contribution in [0.15, 0.2) is 29.2 Å². The van der Waals surface area contributed by atoms with Gasteiger partial charge < -0.3 is 10.1 Å². The normalized spacial score (nSPS) is 11.9. The zero-order valence-electron chi connectivity index (χ0n) is 9.11. The van der Waals surface area contributed by atoms with Gasteiger partial charge in [-0.2, -0.15) is 0 Å². The number of ether oxygens (including phenoxy) is 1. The number of nitrogens with one attached hydrogen (secondary N) is 1. The van der Waals surface area contributed by atoms with Crippen LogP contribution in [0.5, 0.6) is 5.75 Å². The van der Waals surface area contributed by atoms with Crippen molar-refractivity contribution < 1.29 is 9.53 Å². The zero-order chi connectivity index (χ0) is 11.3. The van der Waals surface area contributed by atoms with Crippen LogP contribution in [0, 0.1) is 0 Å². The molecule has 0 aliphatic rings. The Morgan fingerprint density at radius 2 is 2.00 bits per heavy atom. The summed E-state index contributed by atoms with van der Waals surface area (Å²) in [4.78, 5) is 12.3. The molecule has 0 aliphatic heterocycles. The highest BCUT2D eigenvalue weighted by molar-refractivity contribution is 8.00. The van der Waals surface area contributed by atoms with Crippen molar-refractivity contribution in [3.8, 4) is 5.75 Å². The Labute approximate surface area is 94.2 Å². The van der Waals surface area contributed by atoms with Crippen molar-refractivity contribution in [2.75, 3.05) is 14.2 Å². The minimum atomic E-state index is -0.0802. The van der Waals surface area contributed by atoms with Gasteiger partial charge in [-0.3, -0.25) is 4.79 Å². The van der Waals surface area contributed by atoms with Gasteiger partial charge in [0, 0.05) is 11.9 Å². The topological polar surface area (TPSA) is 38.3 Å². The van der Waals surface area contributed by atoms with E-state index in [4.69, 9.17) is 4.74 Å². The largest absolute Gasteiger partial charge is 0.497 e. The van der Waals surface area contributed by atoms with Crippen molar-refractivity contribution in [3.05, 3.63) is 24.3 Å². The molecule has 1 aromatic carbocycles. The van der Waals surface area contributed by atoms with Crippen LogP contribution in [0.3, 0.4) is 0 Å². The molecular formula is C11H15NO2S. The number of thioether (sulfide) groups is 1. The van der Waals surface area contributed by atoms with E-state index < -0.39 is 0 Å². The predicted octanol–water partition coefficient (Wildman–Crippen LogP) is 1.92. The van der Waals surface area contributed by atoms with Gasteiger partial charge in [-0.1, -0.05) is 0 Å². The van der Waals surface area contributed by atoms with Gasteiger partial charge in [0.25, 0.3) is 0 Å². The van der Waals surface area contributed by atoms with Gasteiger partial charge in [-0.25, -0.2) is 0 Å². The smallest absolute Gasteiger partial charge is 0.232 e. The van der Waals surface area contributed by atoms with E-state index in [1.54, 1.807) is 14.2 Å². The Hall–Kier alpha value is -1.16. The summed E-state index contributed by atoms with van der Waals surface area (Å²) >= 11 is 1.53. The molecule has 0 spiro atoms. The maximum Gasteiger partial charge on any atom is 0.232 e. The van der Waals surface area contributed by atoms with Gasteiger partial charge in [-0.15, -0.1) is 11.8 Å². The lowest BCUT2D eigenvalue weighted by molar-refractivity contribution is -0.119. The second-order valence-corrected chi connectivity index (χ2v) is 4.46. The van der Waals surface area contributed by atoms with Crippen molar-refractivity contribution >= 4 is 17.7 Å². The molecule has 0 radical (unpaired) electrons. The van der Waals surface area contributed by atoms with Crippen LogP contribution in [-0.2, 0) is 4.79 Å².